The van der Waals surface area contributed by atoms with Crippen LogP contribution in [0.15, 0.2) is 47.2 Å². The lowest BCUT2D eigenvalue weighted by Crippen LogP contribution is -2.10. The topological polar surface area (TPSA) is 30.0 Å². The van der Waals surface area contributed by atoms with Crippen LogP contribution in [0.3, 0.4) is 0 Å². The molecular formula is C14H11BrFNO. The largest absolute Gasteiger partial charge is 0.293 e. The Morgan fingerprint density at radius 3 is 2.56 bits per heavy atom. The fraction of sp³-hybridized carbons (Fsp3) is 0.143. The van der Waals surface area contributed by atoms with Gasteiger partial charge in [-0.25, -0.2) is 4.39 Å². The maximum Gasteiger partial charge on any atom is 0.171 e. The minimum absolute atomic E-state index is 0.0481. The number of hydrogen-bond donors (Lipinski definition) is 0. The highest BCUT2D eigenvalue weighted by Gasteiger charge is 2.19. The number of ketones is 1. The predicted octanol–water partition coefficient (Wildman–Crippen LogP) is 3.97. The molecule has 2 aromatic rings. The molecule has 0 saturated carbocycles. The van der Waals surface area contributed by atoms with Crippen LogP contribution in [-0.2, 0) is 0 Å². The lowest BCUT2D eigenvalue weighted by Gasteiger charge is -2.11. The first-order valence-corrected chi connectivity index (χ1v) is 6.28. The molecule has 1 unspecified atom stereocenters. The second-order valence-electron chi connectivity index (χ2n) is 3.99. The first-order valence-electron chi connectivity index (χ1n) is 5.49. The molecule has 0 aliphatic rings. The van der Waals surface area contributed by atoms with Crippen LogP contribution in [0.25, 0.3) is 0 Å². The van der Waals surface area contributed by atoms with E-state index < -0.39 is 0 Å². The number of Topliss-reactive ketones (excluding diaryl/α,β-unsaturated/α-hetero) is 1. The van der Waals surface area contributed by atoms with Crippen molar-refractivity contribution in [3.63, 3.8) is 0 Å². The van der Waals surface area contributed by atoms with Crippen molar-refractivity contribution in [2.24, 2.45) is 0 Å². The number of nitrogens with zero attached hydrogens (tertiary/aromatic N) is 1. The third-order valence-corrected chi connectivity index (χ3v) is 3.45. The maximum atomic E-state index is 13.0. The molecule has 0 amide bonds. The molecule has 2 rings (SSSR count). The molecule has 0 fully saturated rings. The lowest BCUT2D eigenvalue weighted by atomic mass is 9.93. The molecule has 1 heterocycles. The monoisotopic (exact) mass is 307 g/mol. The van der Waals surface area contributed by atoms with Crippen molar-refractivity contribution in [1.29, 1.82) is 0 Å². The zero-order chi connectivity index (χ0) is 13.1. The van der Waals surface area contributed by atoms with E-state index >= 15 is 0 Å². The summed E-state index contributed by atoms with van der Waals surface area (Å²) >= 11 is 3.22. The number of pyridine rings is 1. The molecule has 1 aromatic carbocycles. The molecule has 0 N–H and O–H groups in total. The zero-order valence-corrected chi connectivity index (χ0v) is 11.3. The number of rotatable bonds is 3. The van der Waals surface area contributed by atoms with Crippen LogP contribution in [0.4, 0.5) is 4.39 Å². The van der Waals surface area contributed by atoms with Crippen LogP contribution in [0, 0.1) is 5.82 Å². The van der Waals surface area contributed by atoms with Gasteiger partial charge in [-0.15, -0.1) is 0 Å². The summed E-state index contributed by atoms with van der Waals surface area (Å²) in [5.74, 6) is -0.696. The van der Waals surface area contributed by atoms with Crippen molar-refractivity contribution >= 4 is 21.7 Å². The van der Waals surface area contributed by atoms with E-state index in [0.29, 0.717) is 10.0 Å². The molecule has 0 saturated heterocycles. The average Bonchev–Trinajstić information content (AvgIpc) is 2.38. The van der Waals surface area contributed by atoms with Crippen LogP contribution in [-0.4, -0.2) is 10.8 Å². The molecule has 0 radical (unpaired) electrons. The Hall–Kier alpha value is -1.55. The van der Waals surface area contributed by atoms with E-state index in [0.717, 1.165) is 5.56 Å². The molecule has 0 spiro atoms. The van der Waals surface area contributed by atoms with Gasteiger partial charge in [-0.2, -0.15) is 0 Å². The number of hydrogen-bond acceptors (Lipinski definition) is 2. The number of carbonyl (C=O) groups excluding carboxylic acids is 1. The summed E-state index contributed by atoms with van der Waals surface area (Å²) in [6.45, 7) is 1.83. The van der Waals surface area contributed by atoms with Gasteiger partial charge in [0.1, 0.15) is 5.82 Å². The van der Waals surface area contributed by atoms with Gasteiger partial charge in [0.15, 0.2) is 5.78 Å². The molecule has 1 atom stereocenters. The van der Waals surface area contributed by atoms with Gasteiger partial charge in [-0.05, 0) is 51.8 Å². The van der Waals surface area contributed by atoms with E-state index in [4.69, 9.17) is 0 Å². The van der Waals surface area contributed by atoms with Gasteiger partial charge < -0.3 is 0 Å². The minimum atomic E-state index is -0.366. The van der Waals surface area contributed by atoms with Crippen molar-refractivity contribution in [3.05, 3.63) is 64.1 Å². The molecule has 4 heteroatoms. The molecule has 0 aliphatic carbocycles. The van der Waals surface area contributed by atoms with Gasteiger partial charge in [0.25, 0.3) is 0 Å². The van der Waals surface area contributed by atoms with Gasteiger partial charge in [0.05, 0.1) is 0 Å². The van der Waals surface area contributed by atoms with Crippen LogP contribution >= 0.6 is 15.9 Å². The summed E-state index contributed by atoms with van der Waals surface area (Å²) in [6.07, 6.45) is 3.30. The summed E-state index contributed by atoms with van der Waals surface area (Å²) in [7, 11) is 0. The number of halogens is 2. The van der Waals surface area contributed by atoms with Crippen molar-refractivity contribution in [3.8, 4) is 0 Å². The third kappa shape index (κ3) is 2.64. The van der Waals surface area contributed by atoms with Crippen molar-refractivity contribution in [1.82, 2.24) is 4.98 Å². The van der Waals surface area contributed by atoms with E-state index in [-0.39, 0.29) is 17.5 Å². The highest BCUT2D eigenvalue weighted by molar-refractivity contribution is 9.10. The van der Waals surface area contributed by atoms with E-state index in [1.807, 2.05) is 6.92 Å². The molecule has 2 nitrogen and oxygen atoms in total. The van der Waals surface area contributed by atoms with Crippen molar-refractivity contribution in [2.45, 2.75) is 12.8 Å². The van der Waals surface area contributed by atoms with Crippen LogP contribution in [0.2, 0.25) is 0 Å². The standard InChI is InChI=1S/C14H11BrFNO/c1-9(10-4-6-17-7-5-10)14(18)12-3-2-11(16)8-13(12)15/h2-9H,1H3. The van der Waals surface area contributed by atoms with Gasteiger partial charge in [-0.1, -0.05) is 6.92 Å². The second-order valence-corrected chi connectivity index (χ2v) is 4.84. The van der Waals surface area contributed by atoms with E-state index in [1.165, 1.54) is 18.2 Å². The average molecular weight is 308 g/mol. The van der Waals surface area contributed by atoms with Crippen molar-refractivity contribution < 1.29 is 9.18 Å². The fourth-order valence-electron chi connectivity index (χ4n) is 1.73. The fourth-order valence-corrected chi connectivity index (χ4v) is 2.27. The molecule has 92 valence electrons. The normalized spacial score (nSPS) is 12.2. The smallest absolute Gasteiger partial charge is 0.171 e. The van der Waals surface area contributed by atoms with E-state index in [2.05, 4.69) is 20.9 Å². The van der Waals surface area contributed by atoms with Gasteiger partial charge in [-0.3, -0.25) is 9.78 Å². The molecular weight excluding hydrogens is 297 g/mol. The highest BCUT2D eigenvalue weighted by atomic mass is 79.9. The summed E-state index contributed by atoms with van der Waals surface area (Å²) in [5, 5.41) is 0. The Bertz CT molecular complexity index is 571. The summed E-state index contributed by atoms with van der Waals surface area (Å²) in [6, 6.07) is 7.70. The van der Waals surface area contributed by atoms with Gasteiger partial charge in [0, 0.05) is 28.3 Å². The van der Waals surface area contributed by atoms with Crippen molar-refractivity contribution in [2.75, 3.05) is 0 Å². The van der Waals surface area contributed by atoms with E-state index in [1.54, 1.807) is 24.5 Å². The molecule has 18 heavy (non-hydrogen) atoms. The Labute approximate surface area is 113 Å². The minimum Gasteiger partial charge on any atom is -0.293 e. The first-order chi connectivity index (χ1) is 8.59. The second kappa shape index (κ2) is 5.40. The van der Waals surface area contributed by atoms with E-state index in [9.17, 15) is 9.18 Å². The molecule has 0 aliphatic heterocycles. The molecule has 0 bridgehead atoms. The number of aromatic nitrogens is 1. The summed E-state index contributed by atoms with van der Waals surface area (Å²) in [4.78, 5) is 16.2. The van der Waals surface area contributed by atoms with Crippen LogP contribution < -0.4 is 0 Å². The van der Waals surface area contributed by atoms with Gasteiger partial charge >= 0.3 is 0 Å². The molecule has 1 aromatic heterocycles. The first kappa shape index (κ1) is 12.9. The number of carbonyl (C=O) groups is 1. The van der Waals surface area contributed by atoms with Crippen LogP contribution in [0.5, 0.6) is 0 Å². The van der Waals surface area contributed by atoms with Gasteiger partial charge in [0.2, 0.25) is 0 Å². The zero-order valence-electron chi connectivity index (χ0n) is 9.73. The predicted molar refractivity (Wildman–Crippen MR) is 71.1 cm³/mol. The lowest BCUT2D eigenvalue weighted by molar-refractivity contribution is 0.0965. The Morgan fingerprint density at radius 2 is 1.94 bits per heavy atom. The highest BCUT2D eigenvalue weighted by Crippen LogP contribution is 2.25. The Balaban J connectivity index is 2.32. The summed E-state index contributed by atoms with van der Waals surface area (Å²) in [5.41, 5.74) is 1.38. The Morgan fingerprint density at radius 1 is 1.28 bits per heavy atom. The Kier molecular flexibility index (Phi) is 3.87. The quantitative estimate of drug-likeness (QED) is 0.803. The third-order valence-electron chi connectivity index (χ3n) is 2.80. The maximum absolute atomic E-state index is 13.0. The number of benzene rings is 1. The SMILES string of the molecule is CC(C(=O)c1ccc(F)cc1Br)c1ccncc1. The van der Waals surface area contributed by atoms with Crippen LogP contribution in [0.1, 0.15) is 28.8 Å². The summed E-state index contributed by atoms with van der Waals surface area (Å²) < 4.78 is 13.5.